The van der Waals surface area contributed by atoms with Gasteiger partial charge >= 0.3 is 0 Å². The summed E-state index contributed by atoms with van der Waals surface area (Å²) in [5.41, 5.74) is 0. The van der Waals surface area contributed by atoms with Crippen molar-refractivity contribution in [2.24, 2.45) is 11.8 Å². The number of piperazine rings is 1. The minimum Gasteiger partial charge on any atom is -0.311 e. The molecule has 18 heavy (non-hydrogen) atoms. The van der Waals surface area contributed by atoms with E-state index in [-0.39, 0.29) is 0 Å². The molecule has 0 aliphatic carbocycles. The molecule has 0 radical (unpaired) electrons. The Kier molecular flexibility index (Phi) is 6.65. The third kappa shape index (κ3) is 3.96. The van der Waals surface area contributed by atoms with Crippen LogP contribution in [-0.4, -0.2) is 36.1 Å². The fourth-order valence-corrected chi connectivity index (χ4v) is 3.49. The zero-order chi connectivity index (χ0) is 13.7. The van der Waals surface area contributed by atoms with Crippen molar-refractivity contribution in [3.63, 3.8) is 0 Å². The SMILES string of the molecule is CCCC1CN(C(CC)C(C)C)C(C(C)C)CN1. The maximum atomic E-state index is 3.76. The van der Waals surface area contributed by atoms with Gasteiger partial charge in [0.15, 0.2) is 0 Å². The van der Waals surface area contributed by atoms with Crippen LogP contribution in [0.5, 0.6) is 0 Å². The topological polar surface area (TPSA) is 15.3 Å². The lowest BCUT2D eigenvalue weighted by Crippen LogP contribution is -2.61. The van der Waals surface area contributed by atoms with Gasteiger partial charge in [0.2, 0.25) is 0 Å². The van der Waals surface area contributed by atoms with E-state index in [1.54, 1.807) is 0 Å². The van der Waals surface area contributed by atoms with Gasteiger partial charge in [0, 0.05) is 31.2 Å². The highest BCUT2D eigenvalue weighted by Crippen LogP contribution is 2.24. The Balaban J connectivity index is 2.76. The van der Waals surface area contributed by atoms with Gasteiger partial charge in [0.25, 0.3) is 0 Å². The van der Waals surface area contributed by atoms with E-state index < -0.39 is 0 Å². The Hall–Kier alpha value is -0.0800. The molecule has 108 valence electrons. The van der Waals surface area contributed by atoms with Gasteiger partial charge in [-0.05, 0) is 24.7 Å². The predicted molar refractivity (Wildman–Crippen MR) is 80.9 cm³/mol. The lowest BCUT2D eigenvalue weighted by Gasteiger charge is -2.47. The second kappa shape index (κ2) is 7.49. The fraction of sp³-hybridized carbons (Fsp3) is 1.00. The molecule has 1 aliphatic heterocycles. The largest absolute Gasteiger partial charge is 0.311 e. The van der Waals surface area contributed by atoms with Crippen LogP contribution in [0.3, 0.4) is 0 Å². The summed E-state index contributed by atoms with van der Waals surface area (Å²) in [6, 6.07) is 2.17. The van der Waals surface area contributed by atoms with Crippen molar-refractivity contribution in [2.75, 3.05) is 13.1 Å². The number of hydrogen-bond donors (Lipinski definition) is 1. The van der Waals surface area contributed by atoms with Crippen molar-refractivity contribution in [3.8, 4) is 0 Å². The molecule has 0 aromatic heterocycles. The standard InChI is InChI=1S/C16H34N2/c1-7-9-14-11-18(15(8-2)12(3)4)16(10-17-14)13(5)6/h12-17H,7-11H2,1-6H3. The first-order valence-corrected chi connectivity index (χ1v) is 8.00. The van der Waals surface area contributed by atoms with Gasteiger partial charge in [-0.3, -0.25) is 4.90 Å². The first-order chi connectivity index (χ1) is 8.51. The van der Waals surface area contributed by atoms with Crippen LogP contribution in [0.2, 0.25) is 0 Å². The summed E-state index contributed by atoms with van der Waals surface area (Å²) < 4.78 is 0. The van der Waals surface area contributed by atoms with Crippen LogP contribution in [0, 0.1) is 11.8 Å². The van der Waals surface area contributed by atoms with Crippen LogP contribution in [0.4, 0.5) is 0 Å². The lowest BCUT2D eigenvalue weighted by atomic mass is 9.90. The first kappa shape index (κ1) is 16.0. The van der Waals surface area contributed by atoms with Crippen LogP contribution >= 0.6 is 0 Å². The van der Waals surface area contributed by atoms with Gasteiger partial charge in [-0.25, -0.2) is 0 Å². The Morgan fingerprint density at radius 1 is 1.17 bits per heavy atom. The minimum absolute atomic E-state index is 0.706. The Morgan fingerprint density at radius 2 is 1.83 bits per heavy atom. The lowest BCUT2D eigenvalue weighted by molar-refractivity contribution is 0.0323. The highest BCUT2D eigenvalue weighted by molar-refractivity contribution is 4.91. The normalized spacial score (nSPS) is 28.0. The van der Waals surface area contributed by atoms with Crippen molar-refractivity contribution in [2.45, 2.75) is 78.9 Å². The van der Waals surface area contributed by atoms with Gasteiger partial charge < -0.3 is 5.32 Å². The summed E-state index contributed by atoms with van der Waals surface area (Å²) >= 11 is 0. The third-order valence-electron chi connectivity index (χ3n) is 4.49. The summed E-state index contributed by atoms with van der Waals surface area (Å²) in [4.78, 5) is 2.81. The number of nitrogens with one attached hydrogen (secondary N) is 1. The Labute approximate surface area is 115 Å². The molecule has 2 nitrogen and oxygen atoms in total. The van der Waals surface area contributed by atoms with E-state index in [0.29, 0.717) is 12.1 Å². The van der Waals surface area contributed by atoms with E-state index in [0.717, 1.165) is 17.9 Å². The van der Waals surface area contributed by atoms with E-state index in [9.17, 15) is 0 Å². The molecule has 1 saturated heterocycles. The van der Waals surface area contributed by atoms with Crippen LogP contribution < -0.4 is 5.32 Å². The highest BCUT2D eigenvalue weighted by Gasteiger charge is 2.34. The van der Waals surface area contributed by atoms with E-state index in [2.05, 4.69) is 51.8 Å². The second-order valence-electron chi connectivity index (χ2n) is 6.62. The molecule has 0 aromatic rings. The average molecular weight is 254 g/mol. The van der Waals surface area contributed by atoms with Gasteiger partial charge in [0.1, 0.15) is 0 Å². The monoisotopic (exact) mass is 254 g/mol. The van der Waals surface area contributed by atoms with E-state index in [1.807, 2.05) is 0 Å². The molecule has 0 spiro atoms. The number of nitrogens with zero attached hydrogens (tertiary/aromatic N) is 1. The van der Waals surface area contributed by atoms with Crippen LogP contribution in [0.15, 0.2) is 0 Å². The Bertz CT molecular complexity index is 215. The summed E-state index contributed by atoms with van der Waals surface area (Å²) in [5, 5.41) is 3.76. The van der Waals surface area contributed by atoms with Gasteiger partial charge in [0.05, 0.1) is 0 Å². The molecular formula is C16H34N2. The average Bonchev–Trinajstić information content (AvgIpc) is 2.29. The van der Waals surface area contributed by atoms with Gasteiger partial charge in [-0.2, -0.15) is 0 Å². The van der Waals surface area contributed by atoms with E-state index in [4.69, 9.17) is 0 Å². The fourth-order valence-electron chi connectivity index (χ4n) is 3.49. The van der Waals surface area contributed by atoms with Crippen molar-refractivity contribution >= 4 is 0 Å². The Morgan fingerprint density at radius 3 is 2.28 bits per heavy atom. The summed E-state index contributed by atoms with van der Waals surface area (Å²) in [6.45, 7) is 16.5. The molecule has 1 heterocycles. The van der Waals surface area contributed by atoms with Crippen LogP contribution in [0.25, 0.3) is 0 Å². The maximum Gasteiger partial charge on any atom is 0.0247 e. The highest BCUT2D eigenvalue weighted by atomic mass is 15.3. The van der Waals surface area contributed by atoms with Crippen LogP contribution in [-0.2, 0) is 0 Å². The molecule has 0 saturated carbocycles. The van der Waals surface area contributed by atoms with Gasteiger partial charge in [-0.15, -0.1) is 0 Å². The molecule has 1 aliphatic rings. The molecule has 0 bridgehead atoms. The smallest absolute Gasteiger partial charge is 0.0247 e. The van der Waals surface area contributed by atoms with E-state index in [1.165, 1.54) is 32.4 Å². The number of hydrogen-bond acceptors (Lipinski definition) is 2. The molecule has 0 aromatic carbocycles. The molecular weight excluding hydrogens is 220 g/mol. The molecule has 1 N–H and O–H groups in total. The summed E-state index contributed by atoms with van der Waals surface area (Å²) in [7, 11) is 0. The first-order valence-electron chi connectivity index (χ1n) is 8.00. The molecule has 1 rings (SSSR count). The van der Waals surface area contributed by atoms with Gasteiger partial charge in [-0.1, -0.05) is 48.0 Å². The van der Waals surface area contributed by atoms with E-state index >= 15 is 0 Å². The molecule has 3 unspecified atom stereocenters. The predicted octanol–water partition coefficient (Wildman–Crippen LogP) is 3.52. The van der Waals surface area contributed by atoms with Crippen molar-refractivity contribution in [1.29, 1.82) is 0 Å². The molecule has 0 amide bonds. The molecule has 2 heteroatoms. The minimum atomic E-state index is 0.706. The van der Waals surface area contributed by atoms with Crippen molar-refractivity contribution in [1.82, 2.24) is 10.2 Å². The van der Waals surface area contributed by atoms with Crippen molar-refractivity contribution < 1.29 is 0 Å². The molecule has 3 atom stereocenters. The zero-order valence-electron chi connectivity index (χ0n) is 13.4. The summed E-state index contributed by atoms with van der Waals surface area (Å²) in [6.07, 6.45) is 3.88. The third-order valence-corrected chi connectivity index (χ3v) is 4.49. The molecule has 1 fully saturated rings. The second-order valence-corrected chi connectivity index (χ2v) is 6.62. The maximum absolute atomic E-state index is 3.76. The van der Waals surface area contributed by atoms with Crippen molar-refractivity contribution in [3.05, 3.63) is 0 Å². The van der Waals surface area contributed by atoms with Crippen LogP contribution in [0.1, 0.15) is 60.8 Å². The number of rotatable bonds is 6. The quantitative estimate of drug-likeness (QED) is 0.780. The summed E-state index contributed by atoms with van der Waals surface area (Å²) in [5.74, 6) is 1.50. The zero-order valence-corrected chi connectivity index (χ0v) is 13.4.